The van der Waals surface area contributed by atoms with Gasteiger partial charge in [0, 0.05) is 33.4 Å². The molecule has 2 amide bonds. The Morgan fingerprint density at radius 3 is 2.50 bits per heavy atom. The normalized spacial score (nSPS) is 16.6. The zero-order valence-electron chi connectivity index (χ0n) is 27.5. The van der Waals surface area contributed by atoms with Crippen molar-refractivity contribution in [3.05, 3.63) is 83.8 Å². The van der Waals surface area contributed by atoms with Crippen molar-refractivity contribution in [3.8, 4) is 34.9 Å². The summed E-state index contributed by atoms with van der Waals surface area (Å²) in [6, 6.07) is 15.5. The van der Waals surface area contributed by atoms with Crippen LogP contribution in [-0.4, -0.2) is 56.5 Å². The number of hydrogen-bond acceptors (Lipinski definition) is 6. The average molecular weight is 661 g/mol. The third kappa shape index (κ3) is 7.78. The molecule has 1 aliphatic carbocycles. The predicted molar refractivity (Wildman–Crippen MR) is 186 cm³/mol. The van der Waals surface area contributed by atoms with E-state index in [9.17, 15) is 9.59 Å². The first-order valence-electron chi connectivity index (χ1n) is 16.5. The summed E-state index contributed by atoms with van der Waals surface area (Å²) in [7, 11) is 1.30. The molecule has 2 aliphatic rings. The topological polar surface area (TPSA) is 116 Å². The summed E-state index contributed by atoms with van der Waals surface area (Å²) in [5, 5.41) is 2.71. The van der Waals surface area contributed by atoms with Gasteiger partial charge < -0.3 is 24.9 Å². The fourth-order valence-corrected chi connectivity index (χ4v) is 7.30. The highest BCUT2D eigenvalue weighted by Crippen LogP contribution is 2.36. The van der Waals surface area contributed by atoms with Gasteiger partial charge in [-0.25, -0.2) is 14.8 Å². The first-order chi connectivity index (χ1) is 23.4. The van der Waals surface area contributed by atoms with Gasteiger partial charge in [-0.2, -0.15) is 0 Å². The maximum Gasteiger partial charge on any atom is 0.407 e. The lowest BCUT2D eigenvalue weighted by atomic mass is 10.0. The van der Waals surface area contributed by atoms with Crippen molar-refractivity contribution in [2.24, 2.45) is 5.92 Å². The van der Waals surface area contributed by atoms with Crippen LogP contribution in [0.2, 0.25) is 0 Å². The highest BCUT2D eigenvalue weighted by atomic mass is 32.2. The summed E-state index contributed by atoms with van der Waals surface area (Å²) >= 11 is 1.65. The highest BCUT2D eigenvalue weighted by molar-refractivity contribution is 7.99. The standard InChI is InChI=1S/C38H40N6O3S/c1-25(2)34(43-38(46)47-3)37(45)44-21-11-18-32(44)36-40-24-31(42-36)28-20-19-26(33(22-28)48-30-16-5-4-6-17-30)12-9-10-15-29-23-39-35(41-29)27-13-7-8-14-27/h4-6,16-17,19-20,22-25,27,32,34H,7-8,11,13-14,18,21H2,1-3H3,(H,39,41)(H,40,42)(H,43,46)/t32-,34-/m0/s1. The van der Waals surface area contributed by atoms with Crippen LogP contribution in [0.3, 0.4) is 0 Å². The van der Waals surface area contributed by atoms with E-state index >= 15 is 0 Å². The molecule has 1 saturated heterocycles. The molecule has 3 N–H and O–H groups in total. The summed E-state index contributed by atoms with van der Waals surface area (Å²) < 4.78 is 4.77. The van der Waals surface area contributed by atoms with Crippen molar-refractivity contribution in [2.45, 2.75) is 80.2 Å². The van der Waals surface area contributed by atoms with Gasteiger partial charge in [-0.1, -0.05) is 68.6 Å². The molecule has 0 bridgehead atoms. The number of aromatic nitrogens is 4. The quantitative estimate of drug-likeness (QED) is 0.174. The number of nitrogens with one attached hydrogen (secondary N) is 3. The Kier molecular flexibility index (Phi) is 10.5. The predicted octanol–water partition coefficient (Wildman–Crippen LogP) is 7.06. The number of alkyl carbamates (subject to hydrolysis) is 1. The zero-order valence-corrected chi connectivity index (χ0v) is 28.3. The van der Waals surface area contributed by atoms with Gasteiger partial charge in [-0.3, -0.25) is 4.79 Å². The monoisotopic (exact) mass is 660 g/mol. The van der Waals surface area contributed by atoms with Gasteiger partial charge >= 0.3 is 6.09 Å². The van der Waals surface area contributed by atoms with Gasteiger partial charge in [0.2, 0.25) is 5.91 Å². The van der Waals surface area contributed by atoms with Crippen LogP contribution in [0, 0.1) is 29.6 Å². The molecule has 2 fully saturated rings. The lowest BCUT2D eigenvalue weighted by molar-refractivity contribution is -0.135. The first kappa shape index (κ1) is 33.0. The number of H-pyrrole nitrogens is 2. The number of aromatic amines is 2. The number of carbonyl (C=O) groups excluding carboxylic acids is 2. The number of ether oxygens (including phenoxy) is 1. The van der Waals surface area contributed by atoms with Crippen molar-refractivity contribution in [1.82, 2.24) is 30.2 Å². The third-order valence-electron chi connectivity index (χ3n) is 8.90. The molecule has 0 unspecified atom stereocenters. The molecule has 10 heteroatoms. The van der Waals surface area contributed by atoms with Crippen molar-refractivity contribution in [3.63, 3.8) is 0 Å². The number of likely N-dealkylation sites (tertiary alicyclic amines) is 1. The third-order valence-corrected chi connectivity index (χ3v) is 9.96. The first-order valence-corrected chi connectivity index (χ1v) is 17.4. The van der Waals surface area contributed by atoms with E-state index in [2.05, 4.69) is 62.1 Å². The van der Waals surface area contributed by atoms with Gasteiger partial charge in [0.15, 0.2) is 0 Å². The molecule has 3 heterocycles. The largest absolute Gasteiger partial charge is 0.453 e. The second-order valence-corrected chi connectivity index (χ2v) is 13.6. The molecule has 2 aromatic carbocycles. The SMILES string of the molecule is COC(=O)N[C@H](C(=O)N1CCC[C@H]1c1ncc(-c2ccc(C#CC#Cc3cnc(C4CCCC4)[nH]3)c(Sc3ccccc3)c2)[nH]1)C(C)C. The molecule has 0 spiro atoms. The molecule has 246 valence electrons. The van der Waals surface area contributed by atoms with Crippen LogP contribution in [0.15, 0.2) is 70.7 Å². The lowest BCUT2D eigenvalue weighted by Crippen LogP contribution is -2.51. The summed E-state index contributed by atoms with van der Waals surface area (Å²) in [5.41, 5.74) is 3.48. The number of hydrogen-bond donors (Lipinski definition) is 3. The molecule has 9 nitrogen and oxygen atoms in total. The molecule has 2 atom stereocenters. The maximum absolute atomic E-state index is 13.6. The van der Waals surface area contributed by atoms with E-state index in [1.807, 2.05) is 55.3 Å². The van der Waals surface area contributed by atoms with E-state index < -0.39 is 12.1 Å². The number of imidazole rings is 2. The van der Waals surface area contributed by atoms with Gasteiger partial charge in [-0.05, 0) is 73.6 Å². The molecule has 6 rings (SSSR count). The van der Waals surface area contributed by atoms with Crippen LogP contribution >= 0.6 is 11.8 Å². The summed E-state index contributed by atoms with van der Waals surface area (Å²) in [5.74, 6) is 14.5. The van der Waals surface area contributed by atoms with Gasteiger partial charge in [0.1, 0.15) is 23.4 Å². The summed E-state index contributed by atoms with van der Waals surface area (Å²) in [6.45, 7) is 4.42. The summed E-state index contributed by atoms with van der Waals surface area (Å²) in [6.07, 6.45) is 9.53. The van der Waals surface area contributed by atoms with Crippen molar-refractivity contribution in [1.29, 1.82) is 0 Å². The average Bonchev–Trinajstić information content (AvgIpc) is 3.93. The Balaban J connectivity index is 1.22. The Hall–Kier alpha value is -4.93. The minimum atomic E-state index is -0.683. The van der Waals surface area contributed by atoms with Crippen LogP contribution in [0.25, 0.3) is 11.3 Å². The number of benzene rings is 2. The second-order valence-electron chi connectivity index (χ2n) is 12.5. The van der Waals surface area contributed by atoms with Crippen LogP contribution < -0.4 is 5.32 Å². The number of rotatable bonds is 8. The van der Waals surface area contributed by atoms with E-state index in [-0.39, 0.29) is 17.9 Å². The number of nitrogens with zero attached hydrogens (tertiary/aromatic N) is 3. The minimum absolute atomic E-state index is 0.0990. The van der Waals surface area contributed by atoms with Crippen LogP contribution in [0.5, 0.6) is 0 Å². The molecule has 1 aliphatic heterocycles. The van der Waals surface area contributed by atoms with E-state index in [0.29, 0.717) is 12.5 Å². The Bertz CT molecular complexity index is 1870. The molecular weight excluding hydrogens is 621 g/mol. The molecule has 4 aromatic rings. The Morgan fingerprint density at radius 2 is 1.73 bits per heavy atom. The van der Waals surface area contributed by atoms with Crippen LogP contribution in [0.4, 0.5) is 4.79 Å². The lowest BCUT2D eigenvalue weighted by Gasteiger charge is -2.30. The number of methoxy groups -OCH3 is 1. The van der Waals surface area contributed by atoms with Gasteiger partial charge in [-0.15, -0.1) is 0 Å². The van der Waals surface area contributed by atoms with Gasteiger partial charge in [0.25, 0.3) is 0 Å². The van der Waals surface area contributed by atoms with Crippen molar-refractivity contribution >= 4 is 23.8 Å². The van der Waals surface area contributed by atoms with E-state index in [0.717, 1.165) is 56.8 Å². The molecule has 2 aromatic heterocycles. The fraction of sp³-hybridized carbons (Fsp3) is 0.368. The van der Waals surface area contributed by atoms with E-state index in [1.165, 1.54) is 32.8 Å². The summed E-state index contributed by atoms with van der Waals surface area (Å²) in [4.78, 5) is 45.6. The molecule has 0 radical (unpaired) electrons. The van der Waals surface area contributed by atoms with Crippen LogP contribution in [0.1, 0.15) is 87.2 Å². The second kappa shape index (κ2) is 15.3. The molecule has 1 saturated carbocycles. The molecular formula is C38H40N6O3S. The highest BCUT2D eigenvalue weighted by Gasteiger charge is 2.37. The number of carbonyl (C=O) groups is 2. The Morgan fingerprint density at radius 1 is 0.958 bits per heavy atom. The minimum Gasteiger partial charge on any atom is -0.453 e. The molecule has 48 heavy (non-hydrogen) atoms. The zero-order chi connectivity index (χ0) is 33.5. The van der Waals surface area contributed by atoms with Crippen molar-refractivity contribution in [2.75, 3.05) is 13.7 Å². The fourth-order valence-electron chi connectivity index (χ4n) is 6.34. The van der Waals surface area contributed by atoms with Crippen LogP contribution in [-0.2, 0) is 9.53 Å². The maximum atomic E-state index is 13.6. The van der Waals surface area contributed by atoms with E-state index in [4.69, 9.17) is 9.72 Å². The Labute approximate surface area is 286 Å². The van der Waals surface area contributed by atoms with Gasteiger partial charge in [0.05, 0.1) is 31.2 Å². The van der Waals surface area contributed by atoms with Crippen molar-refractivity contribution < 1.29 is 14.3 Å². The number of amides is 2. The van der Waals surface area contributed by atoms with E-state index in [1.54, 1.807) is 18.0 Å². The smallest absolute Gasteiger partial charge is 0.407 e.